The fourth-order valence-corrected chi connectivity index (χ4v) is 8.54. The molecule has 2 aliphatic heterocycles. The van der Waals surface area contributed by atoms with Crippen molar-refractivity contribution in [3.05, 3.63) is 128 Å². The molecule has 1 spiro atoms. The van der Waals surface area contributed by atoms with E-state index in [4.69, 9.17) is 37.7 Å². The molecule has 0 aromatic heterocycles. The minimum atomic E-state index is -1.51. The zero-order chi connectivity index (χ0) is 33.5. The van der Waals surface area contributed by atoms with E-state index in [1.807, 2.05) is 72.5 Å². The first-order chi connectivity index (χ1) is 22.5. The fourth-order valence-electron chi connectivity index (χ4n) is 6.28. The molecular formula is C36H30BrCl2N3O4S. The van der Waals surface area contributed by atoms with Gasteiger partial charge in [-0.15, -0.1) is 0 Å². The van der Waals surface area contributed by atoms with E-state index in [9.17, 15) is 9.59 Å². The zero-order valence-corrected chi connectivity index (χ0v) is 29.9. The van der Waals surface area contributed by atoms with Crippen molar-refractivity contribution in [2.45, 2.75) is 30.2 Å². The number of esters is 2. The van der Waals surface area contributed by atoms with Gasteiger partial charge in [-0.05, 0) is 92.2 Å². The molecular weight excluding hydrogens is 721 g/mol. The predicted molar refractivity (Wildman–Crippen MR) is 193 cm³/mol. The van der Waals surface area contributed by atoms with Crippen molar-refractivity contribution in [1.82, 2.24) is 0 Å². The van der Waals surface area contributed by atoms with Gasteiger partial charge in [0, 0.05) is 31.6 Å². The summed E-state index contributed by atoms with van der Waals surface area (Å²) >= 11 is 17.7. The van der Waals surface area contributed by atoms with E-state index in [1.165, 1.54) is 26.0 Å². The standard InChI is InChI=1S/C36H30BrCl2N3O4S/c1-22(32(43)45-3)31-36(41(21-23-9-11-24(37)12-10-23)29-7-5-6-8-30(29)47-36)35(2,34(44)46-4)33(40-27-17-13-25(38)14-18-27)42(31)28-19-15-26(39)16-20-28/h5-20H,21H2,1-4H3/b31-22+,40-33?/t35-,36+/m1/s1. The van der Waals surface area contributed by atoms with Gasteiger partial charge in [0.05, 0.1) is 36.9 Å². The second-order valence-corrected chi connectivity index (χ2v) is 14.3. The third-order valence-corrected chi connectivity index (χ3v) is 11.2. The van der Waals surface area contributed by atoms with Crippen LogP contribution in [-0.2, 0) is 25.6 Å². The Bertz CT molecular complexity index is 1920. The Labute approximate surface area is 296 Å². The van der Waals surface area contributed by atoms with Gasteiger partial charge in [-0.25, -0.2) is 9.79 Å². The summed E-state index contributed by atoms with van der Waals surface area (Å²) in [6.07, 6.45) is 0. The molecule has 1 fully saturated rings. The van der Waals surface area contributed by atoms with Crippen molar-refractivity contribution >= 4 is 85.7 Å². The molecule has 0 aliphatic carbocycles. The van der Waals surface area contributed by atoms with Crippen LogP contribution in [0.3, 0.4) is 0 Å². The minimum Gasteiger partial charge on any atom is -0.468 e. The lowest BCUT2D eigenvalue weighted by molar-refractivity contribution is -0.148. The second kappa shape index (κ2) is 13.0. The number of fused-ring (bicyclic) bond motifs is 1. The quantitative estimate of drug-likeness (QED) is 0.144. The molecule has 4 aromatic rings. The number of hydrogen-bond donors (Lipinski definition) is 0. The van der Waals surface area contributed by atoms with Crippen LogP contribution in [0.2, 0.25) is 10.0 Å². The van der Waals surface area contributed by atoms with Crippen LogP contribution in [-0.4, -0.2) is 36.9 Å². The van der Waals surface area contributed by atoms with Crippen LogP contribution in [0.4, 0.5) is 17.1 Å². The molecule has 0 bridgehead atoms. The molecule has 11 heteroatoms. The number of thioether (sulfide) groups is 1. The molecule has 240 valence electrons. The summed E-state index contributed by atoms with van der Waals surface area (Å²) in [5, 5.41) is 1.08. The molecule has 7 nitrogen and oxygen atoms in total. The largest absolute Gasteiger partial charge is 0.468 e. The molecule has 6 rings (SSSR count). The van der Waals surface area contributed by atoms with Gasteiger partial charge in [0.1, 0.15) is 5.84 Å². The Kier molecular flexibility index (Phi) is 9.19. The van der Waals surface area contributed by atoms with Crippen molar-refractivity contribution in [3.63, 3.8) is 0 Å². The van der Waals surface area contributed by atoms with Crippen molar-refractivity contribution in [1.29, 1.82) is 0 Å². The molecule has 2 atom stereocenters. The molecule has 0 saturated carbocycles. The number of rotatable bonds is 6. The van der Waals surface area contributed by atoms with Crippen LogP contribution in [0, 0.1) is 5.41 Å². The van der Waals surface area contributed by atoms with Crippen molar-refractivity contribution in [2.24, 2.45) is 10.4 Å². The lowest BCUT2D eigenvalue weighted by Gasteiger charge is -2.45. The van der Waals surface area contributed by atoms with E-state index in [-0.39, 0.29) is 0 Å². The summed E-state index contributed by atoms with van der Waals surface area (Å²) in [6, 6.07) is 30.3. The van der Waals surface area contributed by atoms with E-state index in [0.29, 0.717) is 45.1 Å². The third-order valence-electron chi connectivity index (χ3n) is 8.52. The Morgan fingerprint density at radius 1 is 0.872 bits per heavy atom. The molecule has 0 N–H and O–H groups in total. The highest BCUT2D eigenvalue weighted by atomic mass is 79.9. The zero-order valence-electron chi connectivity index (χ0n) is 26.0. The first-order valence-corrected chi connectivity index (χ1v) is 17.0. The SMILES string of the molecule is COC(=O)/C(C)=C1/N(c2ccc(Cl)cc2)C(=Nc2ccc(Cl)cc2)[C@](C)(C(=O)OC)[C@@]12Sc1ccccc1N2Cc1ccc(Br)cc1. The average Bonchev–Trinajstić information content (AvgIpc) is 3.52. The number of aliphatic imine (C=N–C) groups is 1. The van der Waals surface area contributed by atoms with Crippen LogP contribution in [0.1, 0.15) is 19.4 Å². The number of para-hydroxylation sites is 1. The van der Waals surface area contributed by atoms with Gasteiger partial charge in [-0.1, -0.05) is 75.2 Å². The number of benzene rings is 4. The Morgan fingerprint density at radius 2 is 1.49 bits per heavy atom. The van der Waals surface area contributed by atoms with Gasteiger partial charge >= 0.3 is 11.9 Å². The highest BCUT2D eigenvalue weighted by molar-refractivity contribution is 9.10. The van der Waals surface area contributed by atoms with Crippen molar-refractivity contribution in [3.8, 4) is 0 Å². The summed E-state index contributed by atoms with van der Waals surface area (Å²) in [6.45, 7) is 3.95. The molecule has 0 radical (unpaired) electrons. The Morgan fingerprint density at radius 3 is 2.11 bits per heavy atom. The van der Waals surface area contributed by atoms with Crippen LogP contribution in [0.25, 0.3) is 0 Å². The highest BCUT2D eigenvalue weighted by Gasteiger charge is 2.73. The average molecular weight is 752 g/mol. The Balaban J connectivity index is 1.76. The number of carbonyl (C=O) groups excluding carboxylic acids is 2. The summed E-state index contributed by atoms with van der Waals surface area (Å²) in [5.74, 6) is -0.718. The highest BCUT2D eigenvalue weighted by Crippen LogP contribution is 2.67. The summed E-state index contributed by atoms with van der Waals surface area (Å²) in [7, 11) is 2.72. The number of anilines is 2. The van der Waals surface area contributed by atoms with Crippen LogP contribution < -0.4 is 9.80 Å². The van der Waals surface area contributed by atoms with Gasteiger partial charge in [0.2, 0.25) is 0 Å². The van der Waals surface area contributed by atoms with Gasteiger partial charge in [-0.2, -0.15) is 0 Å². The van der Waals surface area contributed by atoms with E-state index in [0.717, 1.165) is 20.6 Å². The predicted octanol–water partition coefficient (Wildman–Crippen LogP) is 9.44. The first-order valence-electron chi connectivity index (χ1n) is 14.6. The lowest BCUT2D eigenvalue weighted by Crippen LogP contribution is -2.58. The maximum absolute atomic E-state index is 14.6. The molecule has 47 heavy (non-hydrogen) atoms. The molecule has 4 aromatic carbocycles. The van der Waals surface area contributed by atoms with Gasteiger partial charge in [0.15, 0.2) is 10.3 Å². The van der Waals surface area contributed by atoms with Crippen molar-refractivity contribution in [2.75, 3.05) is 24.0 Å². The number of nitrogens with zero attached hydrogens (tertiary/aromatic N) is 3. The third kappa shape index (κ3) is 5.53. The number of hydrogen-bond acceptors (Lipinski definition) is 7. The fraction of sp³-hybridized carbons (Fsp3) is 0.194. The molecule has 2 aliphatic rings. The summed E-state index contributed by atoms with van der Waals surface area (Å²) < 4.78 is 12.0. The normalized spacial score (nSPS) is 22.1. The second-order valence-electron chi connectivity index (χ2n) is 11.2. The molecule has 2 heterocycles. The molecule has 1 saturated heterocycles. The lowest BCUT2D eigenvalue weighted by atomic mass is 9.79. The van der Waals surface area contributed by atoms with Gasteiger partial charge in [-0.3, -0.25) is 9.69 Å². The van der Waals surface area contributed by atoms with Crippen LogP contribution in [0.15, 0.2) is 123 Å². The van der Waals surface area contributed by atoms with E-state index in [1.54, 1.807) is 43.3 Å². The maximum Gasteiger partial charge on any atom is 0.335 e. The number of carbonyl (C=O) groups is 2. The van der Waals surface area contributed by atoms with E-state index < -0.39 is 22.2 Å². The summed E-state index contributed by atoms with van der Waals surface area (Å²) in [4.78, 5) is 37.2. The number of amidine groups is 1. The molecule has 0 amide bonds. The number of methoxy groups -OCH3 is 2. The smallest absolute Gasteiger partial charge is 0.335 e. The van der Waals surface area contributed by atoms with Crippen LogP contribution in [0.5, 0.6) is 0 Å². The van der Waals surface area contributed by atoms with E-state index in [2.05, 4.69) is 20.8 Å². The van der Waals surface area contributed by atoms with Crippen LogP contribution >= 0.6 is 50.9 Å². The maximum atomic E-state index is 14.6. The van der Waals surface area contributed by atoms with Crippen molar-refractivity contribution < 1.29 is 19.1 Å². The number of halogens is 3. The van der Waals surface area contributed by atoms with Gasteiger partial charge in [0.25, 0.3) is 0 Å². The van der Waals surface area contributed by atoms with Gasteiger partial charge < -0.3 is 14.4 Å². The monoisotopic (exact) mass is 749 g/mol. The minimum absolute atomic E-state index is 0.306. The number of ether oxygens (including phenoxy) is 2. The van der Waals surface area contributed by atoms with E-state index >= 15 is 0 Å². The molecule has 0 unspecified atom stereocenters. The Hall–Kier alpha value is -3.76. The topological polar surface area (TPSA) is 71.4 Å². The summed E-state index contributed by atoms with van der Waals surface area (Å²) in [5.41, 5.74) is 2.41. The first kappa shape index (κ1) is 33.2.